The lowest BCUT2D eigenvalue weighted by Gasteiger charge is -2.34. The molecule has 8 aromatic carbocycles. The monoisotopic (exact) mass is 674 g/mol. The van der Waals surface area contributed by atoms with Gasteiger partial charge in [0.05, 0.1) is 11.2 Å². The highest BCUT2D eigenvalue weighted by molar-refractivity contribution is 7.01. The summed E-state index contributed by atoms with van der Waals surface area (Å²) in [6.07, 6.45) is 0. The van der Waals surface area contributed by atoms with Crippen molar-refractivity contribution in [3.05, 3.63) is 163 Å². The lowest BCUT2D eigenvalue weighted by Crippen LogP contribution is -2.59. The van der Waals surface area contributed by atoms with Crippen LogP contribution in [0.2, 0.25) is 0 Å². The van der Waals surface area contributed by atoms with Gasteiger partial charge in [-0.1, -0.05) is 154 Å². The molecule has 0 spiro atoms. The van der Waals surface area contributed by atoms with Crippen LogP contribution in [0, 0.1) is 0 Å². The first-order valence-electron chi connectivity index (χ1n) is 18.8. The highest BCUT2D eigenvalue weighted by Crippen LogP contribution is 2.46. The van der Waals surface area contributed by atoms with Crippen molar-refractivity contribution in [2.24, 2.45) is 0 Å². The number of rotatable bonds is 2. The van der Waals surface area contributed by atoms with Crippen LogP contribution in [0.4, 0.5) is 0 Å². The van der Waals surface area contributed by atoms with Gasteiger partial charge in [0, 0.05) is 44.1 Å². The van der Waals surface area contributed by atoms with Crippen LogP contribution in [0.3, 0.4) is 0 Å². The Morgan fingerprint density at radius 2 is 1.13 bits per heavy atom. The number of hydrogen-bond acceptors (Lipinski definition) is 0. The summed E-state index contributed by atoms with van der Waals surface area (Å²) in [5.74, 6) is 0. The fourth-order valence-electron chi connectivity index (χ4n) is 9.98. The second-order valence-corrected chi connectivity index (χ2v) is 16.1. The van der Waals surface area contributed by atoms with E-state index in [0.717, 1.165) is 0 Å². The summed E-state index contributed by atoms with van der Waals surface area (Å²) in [5.41, 5.74) is 17.0. The molecule has 0 unspecified atom stereocenters. The minimum absolute atomic E-state index is 0.0239. The Bertz CT molecular complexity index is 3190. The van der Waals surface area contributed by atoms with Crippen LogP contribution in [0.15, 0.2) is 158 Å². The van der Waals surface area contributed by atoms with Crippen LogP contribution in [-0.4, -0.2) is 15.8 Å². The summed E-state index contributed by atoms with van der Waals surface area (Å²) >= 11 is 0. The van der Waals surface area contributed by atoms with E-state index in [1.807, 2.05) is 0 Å². The molecule has 0 saturated carbocycles. The molecule has 2 nitrogen and oxygen atoms in total. The average molecular weight is 675 g/mol. The molecule has 0 atom stereocenters. The van der Waals surface area contributed by atoms with Gasteiger partial charge in [-0.05, 0) is 84.3 Å². The predicted octanol–water partition coefficient (Wildman–Crippen LogP) is 10.8. The molecule has 0 radical (unpaired) electrons. The number of aromatic nitrogens is 2. The molecular formula is C50H35BN2. The summed E-state index contributed by atoms with van der Waals surface area (Å²) in [7, 11) is 0. The highest BCUT2D eigenvalue weighted by atomic mass is 15.0. The van der Waals surface area contributed by atoms with Gasteiger partial charge in [0.2, 0.25) is 0 Å². The van der Waals surface area contributed by atoms with E-state index >= 15 is 0 Å². The summed E-state index contributed by atoms with van der Waals surface area (Å²) in [5, 5.41) is 9.20. The van der Waals surface area contributed by atoms with Gasteiger partial charge in [0.15, 0.2) is 0 Å². The maximum absolute atomic E-state index is 2.62. The molecule has 2 aliphatic rings. The first-order chi connectivity index (χ1) is 26.0. The zero-order valence-corrected chi connectivity index (χ0v) is 30.0. The van der Waals surface area contributed by atoms with E-state index in [1.54, 1.807) is 0 Å². The minimum Gasteiger partial charge on any atom is -0.310 e. The number of benzene rings is 8. The fraction of sp³-hybridized carbons (Fsp3) is 0.0800. The molecule has 0 amide bonds. The maximum atomic E-state index is 2.62. The number of hydrogen-bond donors (Lipinski definition) is 0. The predicted molar refractivity (Wildman–Crippen MR) is 227 cm³/mol. The van der Waals surface area contributed by atoms with Crippen LogP contribution < -0.4 is 16.4 Å². The van der Waals surface area contributed by atoms with Crippen LogP contribution in [-0.2, 0) is 5.41 Å². The topological polar surface area (TPSA) is 9.86 Å². The van der Waals surface area contributed by atoms with E-state index in [0.29, 0.717) is 0 Å². The Hall–Kier alpha value is -6.32. The first kappa shape index (κ1) is 29.3. The minimum atomic E-state index is 0.0239. The molecule has 0 bridgehead atoms. The third-order valence-electron chi connectivity index (χ3n) is 12.2. The van der Waals surface area contributed by atoms with E-state index in [4.69, 9.17) is 0 Å². The van der Waals surface area contributed by atoms with Gasteiger partial charge in [-0.15, -0.1) is 0 Å². The van der Waals surface area contributed by atoms with Gasteiger partial charge in [-0.2, -0.15) is 0 Å². The van der Waals surface area contributed by atoms with Crippen LogP contribution in [0.25, 0.3) is 88.0 Å². The number of para-hydroxylation sites is 1. The zero-order chi connectivity index (χ0) is 35.2. The second-order valence-electron chi connectivity index (χ2n) is 16.1. The molecule has 3 heteroatoms. The quantitative estimate of drug-likeness (QED) is 0.128. The molecule has 53 heavy (non-hydrogen) atoms. The van der Waals surface area contributed by atoms with Gasteiger partial charge >= 0.3 is 0 Å². The van der Waals surface area contributed by atoms with Gasteiger partial charge in [-0.3, -0.25) is 0 Å². The third-order valence-corrected chi connectivity index (χ3v) is 12.2. The number of nitrogens with zero attached hydrogens (tertiary/aromatic N) is 2. The summed E-state index contributed by atoms with van der Waals surface area (Å²) in [6.45, 7) is 7.03. The average Bonchev–Trinajstić information content (AvgIpc) is 3.72. The molecule has 248 valence electrons. The van der Waals surface area contributed by atoms with Gasteiger partial charge in [-0.25, -0.2) is 0 Å². The second kappa shape index (κ2) is 10.2. The van der Waals surface area contributed by atoms with Crippen molar-refractivity contribution in [1.82, 2.24) is 9.13 Å². The van der Waals surface area contributed by atoms with Crippen molar-refractivity contribution in [2.75, 3.05) is 0 Å². The van der Waals surface area contributed by atoms with Crippen molar-refractivity contribution in [3.8, 4) is 33.8 Å². The van der Waals surface area contributed by atoms with Crippen molar-refractivity contribution >= 4 is 77.4 Å². The van der Waals surface area contributed by atoms with Crippen LogP contribution in [0.1, 0.15) is 26.3 Å². The van der Waals surface area contributed by atoms with Crippen molar-refractivity contribution in [1.29, 1.82) is 0 Å². The van der Waals surface area contributed by atoms with Crippen LogP contribution >= 0.6 is 0 Å². The van der Waals surface area contributed by atoms with Crippen LogP contribution in [0.5, 0.6) is 0 Å². The molecule has 2 aliphatic heterocycles. The van der Waals surface area contributed by atoms with Crippen molar-refractivity contribution in [3.63, 3.8) is 0 Å². The maximum Gasteiger partial charge on any atom is 0.253 e. The summed E-state index contributed by atoms with van der Waals surface area (Å²) in [6, 6.07) is 59.4. The zero-order valence-electron chi connectivity index (χ0n) is 30.0. The Labute approximate surface area is 308 Å². The largest absolute Gasteiger partial charge is 0.310 e. The molecule has 4 heterocycles. The van der Waals surface area contributed by atoms with E-state index in [2.05, 4.69) is 188 Å². The van der Waals surface area contributed by atoms with Gasteiger partial charge in [0.1, 0.15) is 0 Å². The molecule has 2 aromatic heterocycles. The molecule has 0 fully saturated rings. The lowest BCUT2D eigenvalue weighted by atomic mass is 9.33. The van der Waals surface area contributed by atoms with E-state index in [-0.39, 0.29) is 12.1 Å². The fourth-order valence-corrected chi connectivity index (χ4v) is 9.98. The molecule has 0 N–H and O–H groups in total. The number of fused-ring (bicyclic) bond motifs is 11. The summed E-state index contributed by atoms with van der Waals surface area (Å²) < 4.78 is 5.22. The Morgan fingerprint density at radius 3 is 1.92 bits per heavy atom. The molecule has 10 aromatic rings. The Morgan fingerprint density at radius 1 is 0.453 bits per heavy atom. The SMILES string of the molecule is CC(C)(C)c1ccc2c3cc4c(ccc5ccccc54)c4c3n(c2c1)-c1cccc2c1B4c1cccc3c(-c4ccccc4)c(-c4ccccc4)n-2c13. The van der Waals surface area contributed by atoms with Gasteiger partial charge in [0.25, 0.3) is 6.71 Å². The molecule has 0 aliphatic carbocycles. The Balaban J connectivity index is 1.32. The molecule has 0 saturated heterocycles. The highest BCUT2D eigenvalue weighted by Gasteiger charge is 2.42. The van der Waals surface area contributed by atoms with E-state index in [9.17, 15) is 0 Å². The first-order valence-corrected chi connectivity index (χ1v) is 18.8. The summed E-state index contributed by atoms with van der Waals surface area (Å²) in [4.78, 5) is 0. The molecular weight excluding hydrogens is 639 g/mol. The molecule has 12 rings (SSSR count). The standard InChI is InChI=1S/C50H35BN2/c1-50(2,3)33-25-27-35-39-29-38-34-19-11-10-14-30(34)24-26-36(38)45-49(39)52(43(35)28-33)41-22-13-23-42-46(41)51(45)40-21-12-20-37-44(31-15-6-4-7-16-31)47(53(42)48(37)40)32-17-8-5-9-18-32/h4-29H,1-3H3. The van der Waals surface area contributed by atoms with Crippen molar-refractivity contribution < 1.29 is 0 Å². The smallest absolute Gasteiger partial charge is 0.253 e. The third kappa shape index (κ3) is 3.74. The van der Waals surface area contributed by atoms with Gasteiger partial charge < -0.3 is 9.13 Å². The lowest BCUT2D eigenvalue weighted by molar-refractivity contribution is 0.591. The van der Waals surface area contributed by atoms with E-state index < -0.39 is 0 Å². The van der Waals surface area contributed by atoms with Crippen molar-refractivity contribution in [2.45, 2.75) is 26.2 Å². The normalized spacial score (nSPS) is 13.2. The Kier molecular flexibility index (Phi) is 5.62. The van der Waals surface area contributed by atoms with E-state index in [1.165, 1.54) is 110 Å².